The number of benzene rings is 2. The first-order valence-electron chi connectivity index (χ1n) is 6.41. The fraction of sp³-hybridized carbons (Fsp3) is 0.250. The van der Waals surface area contributed by atoms with Gasteiger partial charge in [-0.05, 0) is 19.1 Å². The predicted octanol–water partition coefficient (Wildman–Crippen LogP) is 3.43. The van der Waals surface area contributed by atoms with Crippen LogP contribution in [-0.4, -0.2) is 7.11 Å². The van der Waals surface area contributed by atoms with Crippen molar-refractivity contribution in [3.63, 3.8) is 0 Å². The highest BCUT2D eigenvalue weighted by atomic mass is 19.1. The third-order valence-corrected chi connectivity index (χ3v) is 3.05. The van der Waals surface area contributed by atoms with Gasteiger partial charge in [-0.15, -0.1) is 0 Å². The summed E-state index contributed by atoms with van der Waals surface area (Å²) in [5.41, 5.74) is 7.28. The van der Waals surface area contributed by atoms with Crippen molar-refractivity contribution >= 4 is 0 Å². The smallest absolute Gasteiger partial charge is 0.129 e. The molecule has 2 N–H and O–H groups in total. The number of methoxy groups -OCH3 is 1. The third-order valence-electron chi connectivity index (χ3n) is 3.05. The summed E-state index contributed by atoms with van der Waals surface area (Å²) in [5, 5.41) is 0. The number of ether oxygens (including phenoxy) is 2. The van der Waals surface area contributed by atoms with Gasteiger partial charge in [0.1, 0.15) is 23.9 Å². The molecule has 0 aliphatic heterocycles. The van der Waals surface area contributed by atoms with Crippen molar-refractivity contribution in [2.24, 2.45) is 5.73 Å². The van der Waals surface area contributed by atoms with Crippen molar-refractivity contribution in [3.05, 3.63) is 59.4 Å². The first-order chi connectivity index (χ1) is 9.61. The van der Waals surface area contributed by atoms with Crippen molar-refractivity contribution in [3.8, 4) is 11.5 Å². The molecular formula is C16H18FNO2. The summed E-state index contributed by atoms with van der Waals surface area (Å²) in [7, 11) is 1.58. The molecule has 2 aromatic carbocycles. The van der Waals surface area contributed by atoms with E-state index in [0.29, 0.717) is 17.1 Å². The van der Waals surface area contributed by atoms with Gasteiger partial charge >= 0.3 is 0 Å². The van der Waals surface area contributed by atoms with E-state index < -0.39 is 0 Å². The largest absolute Gasteiger partial charge is 0.497 e. The van der Waals surface area contributed by atoms with E-state index in [4.69, 9.17) is 15.2 Å². The van der Waals surface area contributed by atoms with E-state index >= 15 is 0 Å². The summed E-state index contributed by atoms with van der Waals surface area (Å²) >= 11 is 0. The molecule has 0 amide bonds. The Kier molecular flexibility index (Phi) is 4.58. The van der Waals surface area contributed by atoms with Gasteiger partial charge in [-0.1, -0.05) is 24.3 Å². The molecule has 0 aliphatic carbocycles. The minimum absolute atomic E-state index is 0.152. The van der Waals surface area contributed by atoms with Crippen LogP contribution in [0.5, 0.6) is 11.5 Å². The van der Waals surface area contributed by atoms with Crippen LogP contribution in [0, 0.1) is 5.82 Å². The third kappa shape index (κ3) is 3.27. The topological polar surface area (TPSA) is 44.5 Å². The molecule has 0 radical (unpaired) electrons. The first kappa shape index (κ1) is 14.3. The highest BCUT2D eigenvalue weighted by molar-refractivity contribution is 5.42. The molecule has 20 heavy (non-hydrogen) atoms. The summed E-state index contributed by atoms with van der Waals surface area (Å²) in [6.07, 6.45) is 0. The summed E-state index contributed by atoms with van der Waals surface area (Å²) in [6, 6.07) is 11.8. The molecule has 106 valence electrons. The summed E-state index contributed by atoms with van der Waals surface area (Å²) in [4.78, 5) is 0. The van der Waals surface area contributed by atoms with Gasteiger partial charge in [-0.3, -0.25) is 0 Å². The van der Waals surface area contributed by atoms with Crippen LogP contribution in [0.4, 0.5) is 4.39 Å². The van der Waals surface area contributed by atoms with E-state index in [2.05, 4.69) is 0 Å². The van der Waals surface area contributed by atoms with E-state index in [1.54, 1.807) is 31.4 Å². The van der Waals surface area contributed by atoms with Crippen molar-refractivity contribution in [1.29, 1.82) is 0 Å². The molecule has 0 fully saturated rings. The number of rotatable bonds is 5. The minimum Gasteiger partial charge on any atom is -0.497 e. The fourth-order valence-corrected chi connectivity index (χ4v) is 1.91. The maximum Gasteiger partial charge on any atom is 0.129 e. The zero-order valence-electron chi connectivity index (χ0n) is 11.6. The van der Waals surface area contributed by atoms with Crippen molar-refractivity contribution in [2.45, 2.75) is 19.6 Å². The highest BCUT2D eigenvalue weighted by Crippen LogP contribution is 2.29. The molecular weight excluding hydrogens is 257 g/mol. The Balaban J connectivity index is 2.21. The Morgan fingerprint density at radius 2 is 1.95 bits per heavy atom. The molecule has 1 atom stereocenters. The fourth-order valence-electron chi connectivity index (χ4n) is 1.91. The van der Waals surface area contributed by atoms with Gasteiger partial charge in [-0.2, -0.15) is 0 Å². The number of hydrogen-bond donors (Lipinski definition) is 1. The van der Waals surface area contributed by atoms with Gasteiger partial charge in [-0.25, -0.2) is 4.39 Å². The average Bonchev–Trinajstić information content (AvgIpc) is 2.46. The van der Waals surface area contributed by atoms with Crippen LogP contribution >= 0.6 is 0 Å². The normalized spacial score (nSPS) is 12.0. The summed E-state index contributed by atoms with van der Waals surface area (Å²) < 4.78 is 24.4. The second kappa shape index (κ2) is 6.39. The van der Waals surface area contributed by atoms with Gasteiger partial charge < -0.3 is 15.2 Å². The quantitative estimate of drug-likeness (QED) is 0.909. The van der Waals surface area contributed by atoms with Crippen molar-refractivity contribution < 1.29 is 13.9 Å². The van der Waals surface area contributed by atoms with E-state index in [0.717, 1.165) is 5.56 Å². The van der Waals surface area contributed by atoms with Crippen LogP contribution in [0.15, 0.2) is 42.5 Å². The van der Waals surface area contributed by atoms with Crippen molar-refractivity contribution in [1.82, 2.24) is 0 Å². The molecule has 0 heterocycles. The zero-order chi connectivity index (χ0) is 14.5. The Hall–Kier alpha value is -2.07. The van der Waals surface area contributed by atoms with E-state index in [1.165, 1.54) is 6.07 Å². The van der Waals surface area contributed by atoms with Crippen LogP contribution in [0.25, 0.3) is 0 Å². The lowest BCUT2D eigenvalue weighted by Gasteiger charge is -2.15. The number of nitrogens with two attached hydrogens (primary N) is 1. The molecule has 0 aliphatic rings. The van der Waals surface area contributed by atoms with Crippen LogP contribution in [0.1, 0.15) is 24.1 Å². The first-order valence-corrected chi connectivity index (χ1v) is 6.41. The van der Waals surface area contributed by atoms with Crippen molar-refractivity contribution in [2.75, 3.05) is 7.11 Å². The van der Waals surface area contributed by atoms with Gasteiger partial charge in [0.05, 0.1) is 7.11 Å². The van der Waals surface area contributed by atoms with Gasteiger partial charge in [0.2, 0.25) is 0 Å². The minimum atomic E-state index is -0.280. The Morgan fingerprint density at radius 3 is 2.60 bits per heavy atom. The maximum absolute atomic E-state index is 13.6. The molecule has 4 heteroatoms. The predicted molar refractivity (Wildman–Crippen MR) is 76.3 cm³/mol. The lowest BCUT2D eigenvalue weighted by molar-refractivity contribution is 0.293. The molecule has 2 aromatic rings. The van der Waals surface area contributed by atoms with Crippen LogP contribution < -0.4 is 15.2 Å². The molecule has 3 nitrogen and oxygen atoms in total. The zero-order valence-corrected chi connectivity index (χ0v) is 11.6. The highest BCUT2D eigenvalue weighted by Gasteiger charge is 2.11. The molecule has 2 rings (SSSR count). The van der Waals surface area contributed by atoms with E-state index in [-0.39, 0.29) is 18.5 Å². The lowest BCUT2D eigenvalue weighted by Crippen LogP contribution is -2.08. The summed E-state index contributed by atoms with van der Waals surface area (Å²) in [6.45, 7) is 2.03. The molecule has 0 saturated heterocycles. The summed E-state index contributed by atoms with van der Waals surface area (Å²) in [5.74, 6) is 1.01. The second-order valence-corrected chi connectivity index (χ2v) is 4.57. The molecule has 0 unspecified atom stereocenters. The molecule has 0 aromatic heterocycles. The van der Waals surface area contributed by atoms with Crippen LogP contribution in [0.2, 0.25) is 0 Å². The SMILES string of the molecule is COc1ccc([C@@H](C)N)c(OCc2ccccc2F)c1. The second-order valence-electron chi connectivity index (χ2n) is 4.57. The van der Waals surface area contributed by atoms with E-state index in [1.807, 2.05) is 19.1 Å². The van der Waals surface area contributed by atoms with Gasteiger partial charge in [0, 0.05) is 23.2 Å². The number of halogens is 1. The molecule has 0 saturated carbocycles. The maximum atomic E-state index is 13.6. The molecule has 0 bridgehead atoms. The van der Waals surface area contributed by atoms with E-state index in [9.17, 15) is 4.39 Å². The lowest BCUT2D eigenvalue weighted by atomic mass is 10.1. The number of hydrogen-bond acceptors (Lipinski definition) is 3. The average molecular weight is 275 g/mol. The van der Waals surface area contributed by atoms with Crippen LogP contribution in [0.3, 0.4) is 0 Å². The van der Waals surface area contributed by atoms with Crippen LogP contribution in [-0.2, 0) is 6.61 Å². The monoisotopic (exact) mass is 275 g/mol. The Bertz CT molecular complexity index is 584. The Morgan fingerprint density at radius 1 is 1.20 bits per heavy atom. The Labute approximate surface area is 118 Å². The standard InChI is InChI=1S/C16H18FNO2/c1-11(18)14-8-7-13(19-2)9-16(14)20-10-12-5-3-4-6-15(12)17/h3-9,11H,10,18H2,1-2H3/t11-/m1/s1. The molecule has 0 spiro atoms. The van der Waals surface area contributed by atoms with Gasteiger partial charge in [0.25, 0.3) is 0 Å². The van der Waals surface area contributed by atoms with Gasteiger partial charge in [0.15, 0.2) is 0 Å².